The van der Waals surface area contributed by atoms with Crippen LogP contribution in [0.4, 0.5) is 5.69 Å². The molecular weight excluding hydrogens is 351 g/mol. The third-order valence-corrected chi connectivity index (χ3v) is 4.15. The normalized spacial score (nSPS) is 11.1. The smallest absolute Gasteiger partial charge is 0.261 e. The Kier molecular flexibility index (Phi) is 3.63. The Hall–Kier alpha value is -1.15. The lowest BCUT2D eigenvalue weighted by Gasteiger charge is -2.07. The molecule has 1 aromatic heterocycles. The van der Waals surface area contributed by atoms with Crippen LogP contribution in [0.25, 0.3) is 0 Å². The van der Waals surface area contributed by atoms with Crippen molar-refractivity contribution in [3.05, 3.63) is 52.4 Å². The average Bonchev–Trinajstić information content (AvgIpc) is 2.30. The van der Waals surface area contributed by atoms with Crippen molar-refractivity contribution in [2.75, 3.05) is 4.72 Å². The molecule has 0 amide bonds. The minimum atomic E-state index is -3.52. The van der Waals surface area contributed by atoms with E-state index in [1.54, 1.807) is 42.6 Å². The highest BCUT2D eigenvalue weighted by atomic mass is 127. The number of anilines is 1. The summed E-state index contributed by atoms with van der Waals surface area (Å²) in [6.07, 6.45) is 3.05. The van der Waals surface area contributed by atoms with Crippen molar-refractivity contribution in [1.82, 2.24) is 4.98 Å². The Morgan fingerprint density at radius 2 is 1.82 bits per heavy atom. The number of halogens is 1. The summed E-state index contributed by atoms with van der Waals surface area (Å²) in [5.41, 5.74) is 0.450. The van der Waals surface area contributed by atoms with E-state index in [1.165, 1.54) is 6.20 Å². The second kappa shape index (κ2) is 5.01. The molecule has 0 bridgehead atoms. The number of rotatable bonds is 3. The van der Waals surface area contributed by atoms with Crippen LogP contribution in [-0.4, -0.2) is 13.4 Å². The van der Waals surface area contributed by atoms with Gasteiger partial charge in [0.05, 0.1) is 16.8 Å². The van der Waals surface area contributed by atoms with Crippen LogP contribution in [-0.2, 0) is 10.0 Å². The molecule has 1 heterocycles. The fourth-order valence-electron chi connectivity index (χ4n) is 1.25. The molecular formula is C11H9IN2O2S. The van der Waals surface area contributed by atoms with E-state index < -0.39 is 10.0 Å². The number of sulfonamides is 1. The largest absolute Gasteiger partial charge is 0.278 e. The fourth-order valence-corrected chi connectivity index (χ4v) is 2.65. The molecule has 4 nitrogen and oxygen atoms in total. The molecule has 0 fully saturated rings. The number of nitrogens with zero attached hydrogens (tertiary/aromatic N) is 1. The summed E-state index contributed by atoms with van der Waals surface area (Å²) >= 11 is 2.12. The molecule has 88 valence electrons. The standard InChI is InChI=1S/C11H9IN2O2S/c12-9-3-5-11(6-4-9)17(15,16)14-10-2-1-7-13-8-10/h1-8,14H. The Bertz CT molecular complexity index is 597. The molecule has 0 atom stereocenters. The van der Waals surface area contributed by atoms with Gasteiger partial charge in [-0.3, -0.25) is 9.71 Å². The number of hydrogen-bond acceptors (Lipinski definition) is 3. The van der Waals surface area contributed by atoms with Crippen LogP contribution in [0.15, 0.2) is 53.7 Å². The van der Waals surface area contributed by atoms with Crippen LogP contribution in [0.1, 0.15) is 0 Å². The van der Waals surface area contributed by atoms with Gasteiger partial charge in [0.15, 0.2) is 0 Å². The fraction of sp³-hybridized carbons (Fsp3) is 0. The van der Waals surface area contributed by atoms with E-state index in [2.05, 4.69) is 32.3 Å². The first-order valence-electron chi connectivity index (χ1n) is 4.76. The van der Waals surface area contributed by atoms with Gasteiger partial charge in [0.2, 0.25) is 0 Å². The minimum absolute atomic E-state index is 0.238. The molecule has 2 rings (SSSR count). The SMILES string of the molecule is O=S(=O)(Nc1cccnc1)c1ccc(I)cc1. The van der Waals surface area contributed by atoms with E-state index in [4.69, 9.17) is 0 Å². The lowest BCUT2D eigenvalue weighted by Crippen LogP contribution is -2.12. The highest BCUT2D eigenvalue weighted by Crippen LogP contribution is 2.16. The van der Waals surface area contributed by atoms with Crippen LogP contribution in [0, 0.1) is 3.57 Å². The summed E-state index contributed by atoms with van der Waals surface area (Å²) in [6, 6.07) is 9.96. The summed E-state index contributed by atoms with van der Waals surface area (Å²) < 4.78 is 27.4. The molecule has 17 heavy (non-hydrogen) atoms. The average molecular weight is 360 g/mol. The van der Waals surface area contributed by atoms with Gasteiger partial charge in [-0.1, -0.05) is 0 Å². The first-order valence-corrected chi connectivity index (χ1v) is 7.32. The summed E-state index contributed by atoms with van der Waals surface area (Å²) in [6.45, 7) is 0. The van der Waals surface area contributed by atoms with Crippen LogP contribution >= 0.6 is 22.6 Å². The molecule has 0 saturated carbocycles. The quantitative estimate of drug-likeness (QED) is 0.856. The number of hydrogen-bond donors (Lipinski definition) is 1. The van der Waals surface area contributed by atoms with E-state index in [0.29, 0.717) is 5.69 Å². The zero-order valence-corrected chi connectivity index (χ0v) is 11.6. The van der Waals surface area contributed by atoms with E-state index in [-0.39, 0.29) is 4.90 Å². The van der Waals surface area contributed by atoms with Gasteiger partial charge in [0.1, 0.15) is 0 Å². The lowest BCUT2D eigenvalue weighted by atomic mass is 10.4. The Morgan fingerprint density at radius 3 is 2.41 bits per heavy atom. The third kappa shape index (κ3) is 3.16. The molecule has 0 aliphatic carbocycles. The maximum atomic E-state index is 12.0. The van der Waals surface area contributed by atoms with Crippen molar-refractivity contribution >= 4 is 38.3 Å². The zero-order valence-electron chi connectivity index (χ0n) is 8.67. The van der Waals surface area contributed by atoms with Crippen molar-refractivity contribution < 1.29 is 8.42 Å². The van der Waals surface area contributed by atoms with Crippen LogP contribution in [0.3, 0.4) is 0 Å². The van der Waals surface area contributed by atoms with E-state index in [0.717, 1.165) is 3.57 Å². The monoisotopic (exact) mass is 360 g/mol. The van der Waals surface area contributed by atoms with E-state index in [9.17, 15) is 8.42 Å². The molecule has 0 spiro atoms. The molecule has 1 aromatic carbocycles. The second-order valence-electron chi connectivity index (χ2n) is 3.30. The van der Waals surface area contributed by atoms with Gasteiger partial charge in [-0.15, -0.1) is 0 Å². The predicted molar refractivity (Wildman–Crippen MR) is 74.2 cm³/mol. The summed E-state index contributed by atoms with van der Waals surface area (Å²) in [5.74, 6) is 0. The number of nitrogens with one attached hydrogen (secondary N) is 1. The minimum Gasteiger partial charge on any atom is -0.278 e. The maximum Gasteiger partial charge on any atom is 0.261 e. The summed E-state index contributed by atoms with van der Waals surface area (Å²) in [5, 5.41) is 0. The van der Waals surface area contributed by atoms with Crippen molar-refractivity contribution in [2.45, 2.75) is 4.90 Å². The van der Waals surface area contributed by atoms with Gasteiger partial charge >= 0.3 is 0 Å². The van der Waals surface area contributed by atoms with Gasteiger partial charge in [0.25, 0.3) is 10.0 Å². The van der Waals surface area contributed by atoms with Gasteiger partial charge < -0.3 is 0 Å². The molecule has 0 aliphatic heterocycles. The molecule has 1 N–H and O–H groups in total. The van der Waals surface area contributed by atoms with Crippen LogP contribution < -0.4 is 4.72 Å². The highest BCUT2D eigenvalue weighted by molar-refractivity contribution is 14.1. The Morgan fingerprint density at radius 1 is 1.12 bits per heavy atom. The predicted octanol–water partition coefficient (Wildman–Crippen LogP) is 2.49. The van der Waals surface area contributed by atoms with Crippen molar-refractivity contribution in [2.24, 2.45) is 0 Å². The number of aromatic nitrogens is 1. The van der Waals surface area contributed by atoms with Crippen molar-refractivity contribution in [3.63, 3.8) is 0 Å². The van der Waals surface area contributed by atoms with Gasteiger partial charge in [0, 0.05) is 9.77 Å². The van der Waals surface area contributed by atoms with E-state index in [1.807, 2.05) is 0 Å². The topological polar surface area (TPSA) is 59.1 Å². The molecule has 2 aromatic rings. The summed E-state index contributed by atoms with van der Waals surface area (Å²) in [4.78, 5) is 4.09. The number of pyridine rings is 1. The van der Waals surface area contributed by atoms with Crippen LogP contribution in [0.5, 0.6) is 0 Å². The first kappa shape index (κ1) is 12.3. The van der Waals surface area contributed by atoms with Gasteiger partial charge in [-0.2, -0.15) is 0 Å². The second-order valence-corrected chi connectivity index (χ2v) is 6.23. The van der Waals surface area contributed by atoms with E-state index >= 15 is 0 Å². The summed E-state index contributed by atoms with van der Waals surface area (Å²) in [7, 11) is -3.52. The van der Waals surface area contributed by atoms with Gasteiger partial charge in [-0.05, 0) is 59.0 Å². The maximum absolute atomic E-state index is 12.0. The Labute approximate surface area is 113 Å². The molecule has 0 unspecified atom stereocenters. The van der Waals surface area contributed by atoms with Gasteiger partial charge in [-0.25, -0.2) is 8.42 Å². The zero-order chi connectivity index (χ0) is 12.3. The first-order chi connectivity index (χ1) is 8.08. The van der Waals surface area contributed by atoms with Crippen molar-refractivity contribution in [1.29, 1.82) is 0 Å². The molecule has 0 aliphatic rings. The molecule has 6 heteroatoms. The lowest BCUT2D eigenvalue weighted by molar-refractivity contribution is 0.601. The molecule has 0 radical (unpaired) electrons. The number of benzene rings is 1. The van der Waals surface area contributed by atoms with Crippen LogP contribution in [0.2, 0.25) is 0 Å². The third-order valence-electron chi connectivity index (χ3n) is 2.04. The van der Waals surface area contributed by atoms with Crippen molar-refractivity contribution in [3.8, 4) is 0 Å². The highest BCUT2D eigenvalue weighted by Gasteiger charge is 2.13. The molecule has 0 saturated heterocycles. The Balaban J connectivity index is 2.29.